The highest BCUT2D eigenvalue weighted by Gasteiger charge is 2.28. The molecule has 0 saturated carbocycles. The van der Waals surface area contributed by atoms with Crippen LogP contribution in [0.4, 0.5) is 0 Å². The van der Waals surface area contributed by atoms with Crippen LogP contribution in [0.2, 0.25) is 0 Å². The molecule has 2 heteroatoms. The quantitative estimate of drug-likeness (QED) is 0.635. The summed E-state index contributed by atoms with van der Waals surface area (Å²) in [5.41, 5.74) is 1.19. The normalized spacial score (nSPS) is 22.4. The fraction of sp³-hybridized carbons (Fsp3) is 0.273. The molecule has 0 aliphatic carbocycles. The van der Waals surface area contributed by atoms with Crippen molar-refractivity contribution in [2.24, 2.45) is 0 Å². The Morgan fingerprint density at radius 2 is 2.00 bits per heavy atom. The van der Waals surface area contributed by atoms with Gasteiger partial charge in [-0.1, -0.05) is 30.3 Å². The molecule has 67 valence electrons. The van der Waals surface area contributed by atoms with Crippen molar-refractivity contribution >= 4 is 5.91 Å². The predicted octanol–water partition coefficient (Wildman–Crippen LogP) is 1.79. The number of likely N-dealkylation sites (tertiary alicyclic amines) is 1. The van der Waals surface area contributed by atoms with Crippen molar-refractivity contribution in [2.45, 2.75) is 12.5 Å². The van der Waals surface area contributed by atoms with E-state index in [0.717, 1.165) is 0 Å². The zero-order valence-electron chi connectivity index (χ0n) is 7.60. The fourth-order valence-electron chi connectivity index (χ4n) is 1.68. The Balaban J connectivity index is 2.24. The summed E-state index contributed by atoms with van der Waals surface area (Å²) in [5, 5.41) is 0. The molecule has 0 bridgehead atoms. The molecule has 0 N–H and O–H groups in total. The summed E-state index contributed by atoms with van der Waals surface area (Å²) in [7, 11) is 1.85. The summed E-state index contributed by atoms with van der Waals surface area (Å²) in [6.07, 6.45) is 2.62. The van der Waals surface area contributed by atoms with Crippen LogP contribution in [0.1, 0.15) is 18.0 Å². The Morgan fingerprint density at radius 3 is 2.54 bits per heavy atom. The van der Waals surface area contributed by atoms with E-state index >= 15 is 0 Å². The Morgan fingerprint density at radius 1 is 1.31 bits per heavy atom. The fourth-order valence-corrected chi connectivity index (χ4v) is 1.68. The van der Waals surface area contributed by atoms with Crippen molar-refractivity contribution in [2.75, 3.05) is 7.05 Å². The molecule has 1 aliphatic rings. The van der Waals surface area contributed by atoms with Crippen molar-refractivity contribution in [3.63, 3.8) is 0 Å². The number of carbonyl (C=O) groups excluding carboxylic acids is 1. The van der Waals surface area contributed by atoms with Gasteiger partial charge in [-0.25, -0.2) is 0 Å². The summed E-state index contributed by atoms with van der Waals surface area (Å²) in [6.45, 7) is 0. The van der Waals surface area contributed by atoms with Crippen molar-refractivity contribution in [1.29, 1.82) is 0 Å². The number of benzene rings is 1. The number of amides is 1. The monoisotopic (exact) mass is 174 g/mol. The van der Waals surface area contributed by atoms with E-state index in [-0.39, 0.29) is 11.9 Å². The van der Waals surface area contributed by atoms with E-state index in [1.807, 2.05) is 25.2 Å². The van der Waals surface area contributed by atoms with Crippen molar-refractivity contribution in [1.82, 2.24) is 4.90 Å². The number of hydrogen-bond donors (Lipinski definition) is 0. The first kappa shape index (κ1) is 8.30. The van der Waals surface area contributed by atoms with Gasteiger partial charge in [-0.15, -0.1) is 0 Å². The van der Waals surface area contributed by atoms with E-state index in [9.17, 15) is 4.79 Å². The third kappa shape index (κ3) is 1.44. The second kappa shape index (κ2) is 3.21. The lowest BCUT2D eigenvalue weighted by Gasteiger charge is -2.19. The minimum Gasteiger partial charge on any atom is -0.338 e. The zero-order chi connectivity index (χ0) is 9.26. The molecule has 0 aromatic heterocycles. The predicted molar refractivity (Wildman–Crippen MR) is 50.9 cm³/mol. The Hall–Kier alpha value is -1.31. The largest absolute Gasteiger partial charge is 0.338 e. The van der Waals surface area contributed by atoms with E-state index in [4.69, 9.17) is 0 Å². The van der Waals surface area contributed by atoms with Crippen LogP contribution in [-0.4, -0.2) is 17.9 Å². The Kier molecular flexibility index (Phi) is 2.05. The highest BCUT2D eigenvalue weighted by molar-refractivity contribution is 5.80. The van der Waals surface area contributed by atoms with Gasteiger partial charge in [0.25, 0.3) is 0 Å². The number of carbonyl (C=O) groups is 1. The van der Waals surface area contributed by atoms with Gasteiger partial charge < -0.3 is 4.90 Å². The molecule has 1 aromatic carbocycles. The first-order chi connectivity index (χ1) is 6.29. The standard InChI is InChI=1S/C11H12NO/c1-12-10(7-8-11(12)13)9-5-3-2-4-6-9/h2-7,10H,8H2,1H3. The summed E-state index contributed by atoms with van der Waals surface area (Å²) in [4.78, 5) is 13.0. The van der Waals surface area contributed by atoms with Gasteiger partial charge in [-0.3, -0.25) is 4.79 Å². The summed E-state index contributed by atoms with van der Waals surface area (Å²) < 4.78 is 0. The van der Waals surface area contributed by atoms with Gasteiger partial charge in [0, 0.05) is 13.5 Å². The first-order valence-corrected chi connectivity index (χ1v) is 4.43. The average molecular weight is 174 g/mol. The Bertz CT molecular complexity index is 307. The molecular weight excluding hydrogens is 162 g/mol. The molecule has 1 aliphatic heterocycles. The molecule has 2 nitrogen and oxygen atoms in total. The van der Waals surface area contributed by atoms with Gasteiger partial charge in [0.2, 0.25) is 5.91 Å². The molecule has 1 amide bonds. The van der Waals surface area contributed by atoms with Crippen LogP contribution in [0, 0.1) is 6.42 Å². The molecule has 1 unspecified atom stereocenters. The number of rotatable bonds is 1. The van der Waals surface area contributed by atoms with Crippen LogP contribution in [0.3, 0.4) is 0 Å². The molecule has 1 atom stereocenters. The highest BCUT2D eigenvalue weighted by atomic mass is 16.2. The molecule has 2 rings (SSSR count). The summed E-state index contributed by atoms with van der Waals surface area (Å²) in [5.74, 6) is 0.203. The topological polar surface area (TPSA) is 20.3 Å². The molecule has 1 radical (unpaired) electrons. The van der Waals surface area contributed by atoms with Crippen molar-refractivity contribution < 1.29 is 4.79 Å². The molecular formula is C11H12NO. The van der Waals surface area contributed by atoms with Gasteiger partial charge in [-0.2, -0.15) is 0 Å². The lowest BCUT2D eigenvalue weighted by atomic mass is 10.1. The van der Waals surface area contributed by atoms with Crippen LogP contribution in [0.15, 0.2) is 30.3 Å². The van der Waals surface area contributed by atoms with Crippen LogP contribution >= 0.6 is 0 Å². The lowest BCUT2D eigenvalue weighted by molar-refractivity contribution is -0.127. The SMILES string of the molecule is CN1C(=O)C[CH]C1c1ccccc1. The van der Waals surface area contributed by atoms with Gasteiger partial charge in [-0.05, 0) is 12.0 Å². The second-order valence-electron chi connectivity index (χ2n) is 3.30. The maximum Gasteiger partial charge on any atom is 0.223 e. The van der Waals surface area contributed by atoms with E-state index < -0.39 is 0 Å². The van der Waals surface area contributed by atoms with Crippen LogP contribution in [-0.2, 0) is 4.79 Å². The summed E-state index contributed by atoms with van der Waals surface area (Å²) in [6, 6.07) is 10.3. The highest BCUT2D eigenvalue weighted by Crippen LogP contribution is 2.29. The van der Waals surface area contributed by atoms with Gasteiger partial charge >= 0.3 is 0 Å². The van der Waals surface area contributed by atoms with Crippen LogP contribution in [0.5, 0.6) is 0 Å². The second-order valence-corrected chi connectivity index (χ2v) is 3.30. The van der Waals surface area contributed by atoms with Gasteiger partial charge in [0.1, 0.15) is 0 Å². The first-order valence-electron chi connectivity index (χ1n) is 4.43. The third-order valence-electron chi connectivity index (χ3n) is 2.47. The minimum absolute atomic E-state index is 0.175. The van der Waals surface area contributed by atoms with E-state index in [0.29, 0.717) is 6.42 Å². The molecule has 13 heavy (non-hydrogen) atoms. The van der Waals surface area contributed by atoms with Crippen molar-refractivity contribution in [3.8, 4) is 0 Å². The minimum atomic E-state index is 0.175. The van der Waals surface area contributed by atoms with Crippen molar-refractivity contribution in [3.05, 3.63) is 42.3 Å². The maximum atomic E-state index is 11.3. The van der Waals surface area contributed by atoms with Gasteiger partial charge in [0.05, 0.1) is 6.04 Å². The number of nitrogens with zero attached hydrogens (tertiary/aromatic N) is 1. The molecule has 1 saturated heterocycles. The maximum absolute atomic E-state index is 11.3. The molecule has 0 spiro atoms. The van der Waals surface area contributed by atoms with E-state index in [2.05, 4.69) is 18.6 Å². The zero-order valence-corrected chi connectivity index (χ0v) is 7.60. The Labute approximate surface area is 78.2 Å². The molecule has 1 fully saturated rings. The smallest absolute Gasteiger partial charge is 0.223 e. The average Bonchev–Trinajstić information content (AvgIpc) is 2.49. The van der Waals surface area contributed by atoms with E-state index in [1.54, 1.807) is 4.90 Å². The van der Waals surface area contributed by atoms with Crippen LogP contribution < -0.4 is 0 Å². The summed E-state index contributed by atoms with van der Waals surface area (Å²) >= 11 is 0. The van der Waals surface area contributed by atoms with Crippen LogP contribution in [0.25, 0.3) is 0 Å². The van der Waals surface area contributed by atoms with E-state index in [1.165, 1.54) is 5.56 Å². The molecule has 1 heterocycles. The lowest BCUT2D eigenvalue weighted by Crippen LogP contribution is -2.22. The molecule has 1 aromatic rings. The number of hydrogen-bond acceptors (Lipinski definition) is 1. The van der Waals surface area contributed by atoms with Gasteiger partial charge in [0.15, 0.2) is 0 Å². The third-order valence-corrected chi connectivity index (χ3v) is 2.47.